The van der Waals surface area contributed by atoms with Crippen LogP contribution in [0.4, 0.5) is 32.0 Å². The molecule has 1 aliphatic rings. The lowest BCUT2D eigenvalue weighted by molar-refractivity contribution is -0.142. The van der Waals surface area contributed by atoms with E-state index >= 15 is 4.79 Å². The van der Waals surface area contributed by atoms with Crippen molar-refractivity contribution in [3.63, 3.8) is 0 Å². The van der Waals surface area contributed by atoms with Crippen LogP contribution < -0.4 is 4.90 Å². The van der Waals surface area contributed by atoms with E-state index in [9.17, 15) is 31.1 Å². The molecule has 1 aromatic heterocycles. The Labute approximate surface area is 350 Å². The maximum Gasteiger partial charge on any atom is 0.417 e. The number of rotatable bonds is 6. The van der Waals surface area contributed by atoms with Gasteiger partial charge in [-0.2, -0.15) is 26.3 Å². The minimum atomic E-state index is -5.08. The highest BCUT2D eigenvalue weighted by Crippen LogP contribution is 2.48. The van der Waals surface area contributed by atoms with Crippen molar-refractivity contribution >= 4 is 39.3 Å². The number of aromatic nitrogens is 1. The number of carbonyl (C=O) groups excluding carboxylic acids is 2. The quantitative estimate of drug-likeness (QED) is 0.124. The highest BCUT2D eigenvalue weighted by Gasteiger charge is 2.42. The van der Waals surface area contributed by atoms with E-state index < -0.39 is 40.9 Å². The fourth-order valence-electron chi connectivity index (χ4n) is 8.61. The van der Waals surface area contributed by atoms with E-state index in [2.05, 4.69) is 0 Å². The molecule has 10 rings (SSSR count). The van der Waals surface area contributed by atoms with Crippen LogP contribution in [-0.2, 0) is 12.4 Å². The normalized spacial score (nSPS) is 13.0. The molecule has 0 spiro atoms. The van der Waals surface area contributed by atoms with Gasteiger partial charge < -0.3 is 4.57 Å². The molecule has 0 saturated heterocycles. The van der Waals surface area contributed by atoms with Gasteiger partial charge in [-0.25, -0.2) is 4.90 Å². The molecule has 0 fully saturated rings. The smallest absolute Gasteiger partial charge is 0.308 e. The van der Waals surface area contributed by atoms with Gasteiger partial charge in [-0.05, 0) is 88.0 Å². The Hall–Kier alpha value is -7.72. The van der Waals surface area contributed by atoms with Crippen LogP contribution in [-0.4, -0.2) is 16.4 Å². The van der Waals surface area contributed by atoms with Crippen LogP contribution in [0.3, 0.4) is 0 Å². The number of imide groups is 1. The molecule has 8 aromatic carbocycles. The molecule has 4 nitrogen and oxygen atoms in total. The SMILES string of the molecule is O=C1c2cccc(-n3c4ccccc4c4cc(-c5ccc(C(F)(F)F)cc5C(F)(F)F)ccc43)c2C(=O)N1c1c(-c2ccccc2)cc(-c2ccccc2)cc1-c1ccccc1. The number of benzene rings is 8. The first-order valence-electron chi connectivity index (χ1n) is 19.6. The first-order valence-corrected chi connectivity index (χ1v) is 19.6. The van der Waals surface area contributed by atoms with E-state index in [1.54, 1.807) is 53.1 Å². The summed E-state index contributed by atoms with van der Waals surface area (Å²) >= 11 is 0. The molecule has 0 N–H and O–H groups in total. The largest absolute Gasteiger partial charge is 0.417 e. The molecule has 2 amide bonds. The molecule has 10 heteroatoms. The highest BCUT2D eigenvalue weighted by molar-refractivity contribution is 6.37. The first-order chi connectivity index (χ1) is 29.9. The lowest BCUT2D eigenvalue weighted by atomic mass is 9.90. The molecule has 0 saturated carbocycles. The summed E-state index contributed by atoms with van der Waals surface area (Å²) in [7, 11) is 0. The minimum absolute atomic E-state index is 0.0537. The lowest BCUT2D eigenvalue weighted by Gasteiger charge is -2.24. The second kappa shape index (κ2) is 14.5. The highest BCUT2D eigenvalue weighted by atomic mass is 19.4. The van der Waals surface area contributed by atoms with Crippen molar-refractivity contribution in [2.24, 2.45) is 0 Å². The number of nitrogens with zero attached hydrogens (tertiary/aromatic N) is 2. The summed E-state index contributed by atoms with van der Waals surface area (Å²) in [5, 5.41) is 1.11. The fraction of sp³-hybridized carbons (Fsp3) is 0.0385. The van der Waals surface area contributed by atoms with Crippen LogP contribution in [0.2, 0.25) is 0 Å². The van der Waals surface area contributed by atoms with Crippen molar-refractivity contribution in [1.29, 1.82) is 0 Å². The molecular formula is C52H30F6N2O2. The Morgan fingerprint density at radius 3 is 1.58 bits per heavy atom. The van der Waals surface area contributed by atoms with Crippen LogP contribution >= 0.6 is 0 Å². The number of alkyl halides is 6. The van der Waals surface area contributed by atoms with Crippen molar-refractivity contribution in [2.45, 2.75) is 12.4 Å². The zero-order chi connectivity index (χ0) is 42.9. The van der Waals surface area contributed by atoms with Crippen LogP contribution in [0.15, 0.2) is 182 Å². The van der Waals surface area contributed by atoms with Gasteiger partial charge in [0.05, 0.1) is 44.7 Å². The van der Waals surface area contributed by atoms with Crippen molar-refractivity contribution in [3.05, 3.63) is 204 Å². The number of halogens is 6. The van der Waals surface area contributed by atoms with Crippen LogP contribution in [0.5, 0.6) is 0 Å². The van der Waals surface area contributed by atoms with E-state index in [0.717, 1.165) is 28.3 Å². The average molecular weight is 829 g/mol. The molecule has 2 heterocycles. The van der Waals surface area contributed by atoms with Gasteiger partial charge in [0.25, 0.3) is 11.8 Å². The van der Waals surface area contributed by atoms with Crippen molar-refractivity contribution < 1.29 is 35.9 Å². The second-order valence-electron chi connectivity index (χ2n) is 15.0. The van der Waals surface area contributed by atoms with Crippen LogP contribution in [0, 0.1) is 0 Å². The Bertz CT molecular complexity index is 3190. The molecule has 0 unspecified atom stereocenters. The molecule has 302 valence electrons. The molecule has 0 bridgehead atoms. The van der Waals surface area contributed by atoms with Gasteiger partial charge in [-0.3, -0.25) is 9.59 Å². The van der Waals surface area contributed by atoms with Gasteiger partial charge in [0.15, 0.2) is 0 Å². The van der Waals surface area contributed by atoms with Crippen molar-refractivity contribution in [1.82, 2.24) is 4.57 Å². The molecule has 9 aromatic rings. The summed E-state index contributed by atoms with van der Waals surface area (Å²) in [5.74, 6) is -1.09. The monoisotopic (exact) mass is 828 g/mol. The minimum Gasteiger partial charge on any atom is -0.308 e. The summed E-state index contributed by atoms with van der Waals surface area (Å²) in [5.41, 5.74) is 3.72. The topological polar surface area (TPSA) is 42.3 Å². The Kier molecular flexibility index (Phi) is 8.99. The maximum absolute atomic E-state index is 15.3. The van der Waals surface area contributed by atoms with Gasteiger partial charge >= 0.3 is 12.4 Å². The zero-order valence-electron chi connectivity index (χ0n) is 32.3. The lowest BCUT2D eigenvalue weighted by Crippen LogP contribution is -2.30. The van der Waals surface area contributed by atoms with Gasteiger partial charge in [-0.15, -0.1) is 0 Å². The van der Waals surface area contributed by atoms with Crippen LogP contribution in [0.25, 0.3) is 72.0 Å². The van der Waals surface area contributed by atoms with Crippen molar-refractivity contribution in [3.8, 4) is 50.2 Å². The van der Waals surface area contributed by atoms with Crippen molar-refractivity contribution in [2.75, 3.05) is 4.90 Å². The van der Waals surface area contributed by atoms with Gasteiger partial charge in [0, 0.05) is 21.9 Å². The first kappa shape index (κ1) is 38.5. The predicted molar refractivity (Wildman–Crippen MR) is 230 cm³/mol. The molecule has 1 aliphatic heterocycles. The fourth-order valence-corrected chi connectivity index (χ4v) is 8.61. The summed E-state index contributed by atoms with van der Waals surface area (Å²) in [6.07, 6.45) is -10.1. The van der Waals surface area contributed by atoms with E-state index in [0.29, 0.717) is 50.4 Å². The third-order valence-electron chi connectivity index (χ3n) is 11.4. The summed E-state index contributed by atoms with van der Waals surface area (Å²) < 4.78 is 85.5. The second-order valence-corrected chi connectivity index (χ2v) is 15.0. The Morgan fingerprint density at radius 1 is 0.387 bits per heavy atom. The van der Waals surface area contributed by atoms with Gasteiger partial charge in [0.1, 0.15) is 0 Å². The number of amides is 2. The number of hydrogen-bond acceptors (Lipinski definition) is 2. The standard InChI is InChI=1S/C52H30F6N2O2/c53-51(54,55)36-24-25-37(43(30-36)52(56,57)58)34-23-26-45-42(27-34)38-19-10-11-21-44(38)59(45)46-22-12-20-39-47(46)50(62)60(49(39)61)48-40(32-15-6-2-7-16-32)28-35(31-13-4-1-5-14-31)29-41(48)33-17-8-3-9-18-33/h1-30H. The third-order valence-corrected chi connectivity index (χ3v) is 11.4. The molecule has 0 radical (unpaired) electrons. The van der Waals surface area contributed by atoms with Gasteiger partial charge in [-0.1, -0.05) is 127 Å². The molecule has 0 aliphatic carbocycles. The Balaban J connectivity index is 1.18. The predicted octanol–water partition coefficient (Wildman–Crippen LogP) is 14.3. The summed E-state index contributed by atoms with van der Waals surface area (Å²) in [6, 6.07) is 51.2. The average Bonchev–Trinajstić information content (AvgIpc) is 3.75. The molecule has 0 atom stereocenters. The Morgan fingerprint density at radius 2 is 0.968 bits per heavy atom. The van der Waals surface area contributed by atoms with E-state index in [1.165, 1.54) is 17.0 Å². The van der Waals surface area contributed by atoms with Crippen LogP contribution in [0.1, 0.15) is 31.8 Å². The molecular weight excluding hydrogens is 799 g/mol. The van der Waals surface area contributed by atoms with E-state index in [-0.39, 0.29) is 22.8 Å². The maximum atomic E-state index is 15.3. The number of carbonyl (C=O) groups is 2. The zero-order valence-corrected chi connectivity index (χ0v) is 32.3. The number of anilines is 1. The third kappa shape index (κ3) is 6.34. The number of hydrogen-bond donors (Lipinski definition) is 0. The number of fused-ring (bicyclic) bond motifs is 4. The van der Waals surface area contributed by atoms with Gasteiger partial charge in [0.2, 0.25) is 0 Å². The van der Waals surface area contributed by atoms with E-state index in [1.807, 2.05) is 103 Å². The summed E-state index contributed by atoms with van der Waals surface area (Å²) in [4.78, 5) is 31.4. The number of para-hydroxylation sites is 1. The summed E-state index contributed by atoms with van der Waals surface area (Å²) in [6.45, 7) is 0. The van der Waals surface area contributed by atoms with E-state index in [4.69, 9.17) is 0 Å². The molecule has 62 heavy (non-hydrogen) atoms.